The predicted molar refractivity (Wildman–Crippen MR) is 109 cm³/mol. The highest BCUT2D eigenvalue weighted by atomic mass is 16.7. The van der Waals surface area contributed by atoms with E-state index < -0.39 is 54.5 Å². The number of para-hydroxylation sites is 1. The van der Waals surface area contributed by atoms with Gasteiger partial charge in [0, 0.05) is 33.9 Å². The van der Waals surface area contributed by atoms with Crippen molar-refractivity contribution in [1.29, 1.82) is 0 Å². The maximum absolute atomic E-state index is 11.9. The average molecular weight is 447 g/mol. The quantitative estimate of drug-likeness (QED) is 0.483. The van der Waals surface area contributed by atoms with Crippen LogP contribution in [0.4, 0.5) is 0 Å². The molecule has 0 amide bonds. The van der Waals surface area contributed by atoms with E-state index in [-0.39, 0.29) is 6.61 Å². The van der Waals surface area contributed by atoms with E-state index in [1.54, 1.807) is 10.8 Å². The van der Waals surface area contributed by atoms with Crippen LogP contribution in [-0.4, -0.2) is 59.5 Å². The first-order valence-corrected chi connectivity index (χ1v) is 10.0. The molecule has 3 rings (SSSR count). The molecule has 0 N–H and O–H groups in total. The highest BCUT2D eigenvalue weighted by Gasteiger charge is 2.52. The normalized spacial score (nSPS) is 25.1. The Balaban J connectivity index is 2.10. The summed E-state index contributed by atoms with van der Waals surface area (Å²) < 4.78 is 29.4. The summed E-state index contributed by atoms with van der Waals surface area (Å²) in [7, 11) is 0. The minimum Gasteiger partial charge on any atom is -0.463 e. The van der Waals surface area contributed by atoms with Gasteiger partial charge in [-0.25, -0.2) is 0 Å². The number of rotatable bonds is 6. The molecule has 1 aliphatic rings. The Morgan fingerprint density at radius 1 is 0.812 bits per heavy atom. The zero-order chi connectivity index (χ0) is 23.4. The molecule has 0 aliphatic carbocycles. The number of carbonyl (C=O) groups excluding carboxylic acids is 4. The van der Waals surface area contributed by atoms with Crippen molar-refractivity contribution in [2.75, 3.05) is 6.61 Å². The number of carbonyl (C=O) groups is 4. The number of hydrogen-bond donors (Lipinski definition) is 0. The molecule has 0 radical (unpaired) electrons. The van der Waals surface area contributed by atoms with Gasteiger partial charge in [-0.2, -0.15) is 0 Å². The molecule has 1 aliphatic heterocycles. The summed E-state index contributed by atoms with van der Waals surface area (Å²) in [6, 6.07) is 9.31. The van der Waals surface area contributed by atoms with Gasteiger partial charge in [0.15, 0.2) is 24.5 Å². The zero-order valence-electron chi connectivity index (χ0n) is 18.2. The number of esters is 4. The molecule has 1 saturated heterocycles. The van der Waals surface area contributed by atoms with Gasteiger partial charge in [0.25, 0.3) is 0 Å². The summed E-state index contributed by atoms with van der Waals surface area (Å²) >= 11 is 0. The molecule has 0 spiro atoms. The van der Waals surface area contributed by atoms with Gasteiger partial charge in [0.2, 0.25) is 0 Å². The minimum atomic E-state index is -1.21. The first-order chi connectivity index (χ1) is 15.2. The van der Waals surface area contributed by atoms with Crippen LogP contribution in [-0.2, 0) is 42.9 Å². The number of fused-ring (bicyclic) bond motifs is 1. The molecular formula is C22H25NO9. The van der Waals surface area contributed by atoms with Crippen molar-refractivity contribution in [2.45, 2.75) is 58.3 Å². The standard InChI is InChI=1S/C22H25NO9/c1-12(24)28-11-18-19(29-13(2)25)20(30-14(3)26)21(31-15(4)27)22(32-18)23-10-9-16-7-5-6-8-17(16)23/h5-10,18-22H,11H2,1-4H3/t18-,19-,20+,21+,22-/m1/s1. The van der Waals surface area contributed by atoms with Crippen LogP contribution >= 0.6 is 0 Å². The van der Waals surface area contributed by atoms with Gasteiger partial charge < -0.3 is 28.3 Å². The molecular weight excluding hydrogens is 422 g/mol. The van der Waals surface area contributed by atoms with Crippen LogP contribution in [0, 0.1) is 0 Å². The van der Waals surface area contributed by atoms with Crippen LogP contribution in [0.15, 0.2) is 36.5 Å². The van der Waals surface area contributed by atoms with Crippen molar-refractivity contribution in [1.82, 2.24) is 4.57 Å². The van der Waals surface area contributed by atoms with Crippen LogP contribution in [0.1, 0.15) is 33.9 Å². The number of aromatic nitrogens is 1. The second-order valence-corrected chi connectivity index (χ2v) is 7.37. The summed E-state index contributed by atoms with van der Waals surface area (Å²) in [5.41, 5.74) is 0.772. The number of benzene rings is 1. The Labute approximate surface area is 184 Å². The largest absolute Gasteiger partial charge is 0.463 e. The third-order valence-electron chi connectivity index (χ3n) is 4.87. The summed E-state index contributed by atoms with van der Waals surface area (Å²) in [4.78, 5) is 47.1. The van der Waals surface area contributed by atoms with Gasteiger partial charge >= 0.3 is 23.9 Å². The fourth-order valence-electron chi connectivity index (χ4n) is 3.76. The van der Waals surface area contributed by atoms with Gasteiger partial charge in [-0.15, -0.1) is 0 Å². The maximum Gasteiger partial charge on any atom is 0.303 e. The van der Waals surface area contributed by atoms with Crippen LogP contribution in [0.5, 0.6) is 0 Å². The van der Waals surface area contributed by atoms with Gasteiger partial charge in [-0.3, -0.25) is 19.2 Å². The lowest BCUT2D eigenvalue weighted by molar-refractivity contribution is -0.267. The molecule has 32 heavy (non-hydrogen) atoms. The highest BCUT2D eigenvalue weighted by Crippen LogP contribution is 2.36. The van der Waals surface area contributed by atoms with Gasteiger partial charge in [0.05, 0.1) is 5.52 Å². The van der Waals surface area contributed by atoms with E-state index >= 15 is 0 Å². The van der Waals surface area contributed by atoms with Crippen molar-refractivity contribution < 1.29 is 42.9 Å². The third kappa shape index (κ3) is 5.25. The lowest BCUT2D eigenvalue weighted by atomic mass is 9.97. The Bertz CT molecular complexity index is 1010. The van der Waals surface area contributed by atoms with Gasteiger partial charge in [-0.1, -0.05) is 18.2 Å². The van der Waals surface area contributed by atoms with E-state index in [1.807, 2.05) is 30.3 Å². The minimum absolute atomic E-state index is 0.270. The fraction of sp³-hybridized carbons (Fsp3) is 0.455. The lowest BCUT2D eigenvalue weighted by Gasteiger charge is -2.44. The molecule has 2 heterocycles. The molecule has 0 saturated carbocycles. The molecule has 1 fully saturated rings. The molecule has 0 unspecified atom stereocenters. The second-order valence-electron chi connectivity index (χ2n) is 7.37. The zero-order valence-corrected chi connectivity index (χ0v) is 18.2. The molecule has 0 bridgehead atoms. The Kier molecular flexibility index (Phi) is 7.14. The number of hydrogen-bond acceptors (Lipinski definition) is 9. The smallest absolute Gasteiger partial charge is 0.303 e. The van der Waals surface area contributed by atoms with E-state index in [1.165, 1.54) is 27.7 Å². The topological polar surface area (TPSA) is 119 Å². The first kappa shape index (κ1) is 23.3. The summed E-state index contributed by atoms with van der Waals surface area (Å²) in [5, 5.41) is 0.903. The van der Waals surface area contributed by atoms with Crippen LogP contribution in [0.25, 0.3) is 10.9 Å². The summed E-state index contributed by atoms with van der Waals surface area (Å²) in [5.74, 6) is -2.55. The van der Waals surface area contributed by atoms with E-state index in [2.05, 4.69) is 0 Å². The van der Waals surface area contributed by atoms with Crippen LogP contribution < -0.4 is 0 Å². The summed E-state index contributed by atoms with van der Waals surface area (Å²) in [6.45, 7) is 4.53. The van der Waals surface area contributed by atoms with Gasteiger partial charge in [0.1, 0.15) is 12.7 Å². The molecule has 1 aromatic carbocycles. The number of ether oxygens (including phenoxy) is 5. The molecule has 10 nitrogen and oxygen atoms in total. The first-order valence-electron chi connectivity index (χ1n) is 10.0. The summed E-state index contributed by atoms with van der Waals surface area (Å²) in [6.07, 6.45) is -3.75. The van der Waals surface area contributed by atoms with Gasteiger partial charge in [-0.05, 0) is 17.5 Å². The van der Waals surface area contributed by atoms with Crippen LogP contribution in [0.2, 0.25) is 0 Å². The SMILES string of the molecule is CC(=O)OC[C@H]1O[C@@H](n2ccc3ccccc32)[C@@H](OC(C)=O)[C@@H](OC(C)=O)[C@@H]1OC(C)=O. The molecule has 5 atom stereocenters. The fourth-order valence-corrected chi connectivity index (χ4v) is 3.76. The van der Waals surface area contributed by atoms with Crippen molar-refractivity contribution in [3.8, 4) is 0 Å². The van der Waals surface area contributed by atoms with Crippen molar-refractivity contribution in [3.63, 3.8) is 0 Å². The van der Waals surface area contributed by atoms with Crippen LogP contribution in [0.3, 0.4) is 0 Å². The van der Waals surface area contributed by atoms with E-state index in [9.17, 15) is 19.2 Å². The molecule has 172 valence electrons. The average Bonchev–Trinajstić information content (AvgIpc) is 3.12. The van der Waals surface area contributed by atoms with Crippen molar-refractivity contribution >= 4 is 34.8 Å². The van der Waals surface area contributed by atoms with E-state index in [0.717, 1.165) is 10.9 Å². The molecule has 2 aromatic rings. The third-order valence-corrected chi connectivity index (χ3v) is 4.87. The van der Waals surface area contributed by atoms with E-state index in [4.69, 9.17) is 23.7 Å². The van der Waals surface area contributed by atoms with E-state index in [0.29, 0.717) is 0 Å². The Morgan fingerprint density at radius 3 is 2.03 bits per heavy atom. The Hall–Kier alpha value is -3.40. The monoisotopic (exact) mass is 447 g/mol. The molecule has 1 aromatic heterocycles. The highest BCUT2D eigenvalue weighted by molar-refractivity contribution is 5.80. The second kappa shape index (κ2) is 9.82. The van der Waals surface area contributed by atoms with Crippen molar-refractivity contribution in [3.05, 3.63) is 36.5 Å². The maximum atomic E-state index is 11.9. The number of nitrogens with zero attached hydrogens (tertiary/aromatic N) is 1. The lowest BCUT2D eigenvalue weighted by Crippen LogP contribution is -2.60. The Morgan fingerprint density at radius 2 is 1.41 bits per heavy atom. The van der Waals surface area contributed by atoms with Crippen molar-refractivity contribution in [2.24, 2.45) is 0 Å². The predicted octanol–water partition coefficient (Wildman–Crippen LogP) is 1.90. The molecule has 10 heteroatoms.